The van der Waals surface area contributed by atoms with E-state index in [0.29, 0.717) is 19.6 Å². The average Bonchev–Trinajstić information content (AvgIpc) is 2.85. The molecule has 2 rings (SSSR count). The smallest absolute Gasteiger partial charge is 0.317 e. The summed E-state index contributed by atoms with van der Waals surface area (Å²) in [7, 11) is 0. The van der Waals surface area contributed by atoms with Gasteiger partial charge in [-0.15, -0.1) is 0 Å². The number of rotatable bonds is 4. The number of carbonyl (C=O) groups is 1. The van der Waals surface area contributed by atoms with Crippen molar-refractivity contribution in [2.75, 3.05) is 19.9 Å². The monoisotopic (exact) mass is 250 g/mol. The van der Waals surface area contributed by atoms with Crippen molar-refractivity contribution in [1.29, 1.82) is 0 Å². The van der Waals surface area contributed by atoms with Crippen LogP contribution >= 0.6 is 0 Å². The van der Waals surface area contributed by atoms with Gasteiger partial charge in [0.15, 0.2) is 11.5 Å². The Balaban J connectivity index is 1.92. The summed E-state index contributed by atoms with van der Waals surface area (Å²) in [6.45, 7) is 6.11. The molecule has 1 N–H and O–H groups in total. The molecule has 1 aromatic carbocycles. The molecule has 0 aliphatic carbocycles. The van der Waals surface area contributed by atoms with Crippen molar-refractivity contribution in [3.05, 3.63) is 23.8 Å². The van der Waals surface area contributed by atoms with Gasteiger partial charge in [-0.05, 0) is 31.5 Å². The Hall–Kier alpha value is -1.91. The highest BCUT2D eigenvalue weighted by Crippen LogP contribution is 2.32. The van der Waals surface area contributed by atoms with Crippen LogP contribution in [0.25, 0.3) is 0 Å². The van der Waals surface area contributed by atoms with Gasteiger partial charge in [0.1, 0.15) is 0 Å². The summed E-state index contributed by atoms with van der Waals surface area (Å²) in [4.78, 5) is 13.5. The Kier molecular flexibility index (Phi) is 3.92. The van der Waals surface area contributed by atoms with E-state index in [1.165, 1.54) is 0 Å². The van der Waals surface area contributed by atoms with Gasteiger partial charge in [-0.1, -0.05) is 6.07 Å². The molecule has 5 nitrogen and oxygen atoms in total. The van der Waals surface area contributed by atoms with Crippen LogP contribution in [0.15, 0.2) is 18.2 Å². The molecular formula is C13H18N2O3. The van der Waals surface area contributed by atoms with Crippen LogP contribution in [0.2, 0.25) is 0 Å². The van der Waals surface area contributed by atoms with Crippen molar-refractivity contribution in [3.8, 4) is 11.5 Å². The molecule has 1 aliphatic heterocycles. The Morgan fingerprint density at radius 1 is 1.28 bits per heavy atom. The molecule has 0 bridgehead atoms. The Morgan fingerprint density at radius 2 is 2.00 bits per heavy atom. The lowest BCUT2D eigenvalue weighted by Gasteiger charge is -2.19. The number of ether oxygens (including phenoxy) is 2. The van der Waals surface area contributed by atoms with Gasteiger partial charge in [0.25, 0.3) is 0 Å². The zero-order chi connectivity index (χ0) is 13.0. The molecule has 0 unspecified atom stereocenters. The molecule has 1 heterocycles. The predicted octanol–water partition coefficient (Wildman–Crippen LogP) is 1.97. The fourth-order valence-electron chi connectivity index (χ4n) is 1.85. The van der Waals surface area contributed by atoms with E-state index in [9.17, 15) is 4.79 Å². The minimum Gasteiger partial charge on any atom is -0.454 e. The quantitative estimate of drug-likeness (QED) is 0.888. The fourth-order valence-corrected chi connectivity index (χ4v) is 1.85. The highest BCUT2D eigenvalue weighted by molar-refractivity contribution is 5.74. The number of nitrogens with one attached hydrogen (secondary N) is 1. The van der Waals surface area contributed by atoms with Crippen molar-refractivity contribution < 1.29 is 14.3 Å². The number of nitrogens with zero attached hydrogens (tertiary/aromatic N) is 1. The van der Waals surface area contributed by atoms with Crippen molar-refractivity contribution >= 4 is 6.03 Å². The molecule has 1 aliphatic rings. The summed E-state index contributed by atoms with van der Waals surface area (Å²) in [6.07, 6.45) is 0. The first kappa shape index (κ1) is 12.5. The minimum atomic E-state index is -0.0438. The van der Waals surface area contributed by atoms with Gasteiger partial charge in [-0.3, -0.25) is 0 Å². The van der Waals surface area contributed by atoms with Gasteiger partial charge in [0, 0.05) is 19.6 Å². The summed E-state index contributed by atoms with van der Waals surface area (Å²) < 4.78 is 10.5. The second-order valence-electron chi connectivity index (χ2n) is 4.02. The SMILES string of the molecule is CCN(CC)C(=O)NCc1ccc2c(c1)OCO2. The van der Waals surface area contributed by atoms with Crippen molar-refractivity contribution in [1.82, 2.24) is 10.2 Å². The molecule has 98 valence electrons. The second kappa shape index (κ2) is 5.62. The maximum Gasteiger partial charge on any atom is 0.317 e. The lowest BCUT2D eigenvalue weighted by Crippen LogP contribution is -2.39. The highest BCUT2D eigenvalue weighted by Gasteiger charge is 2.14. The van der Waals surface area contributed by atoms with Crippen LogP contribution in [0.5, 0.6) is 11.5 Å². The highest BCUT2D eigenvalue weighted by atomic mass is 16.7. The van der Waals surface area contributed by atoms with E-state index in [4.69, 9.17) is 9.47 Å². The molecule has 5 heteroatoms. The Bertz CT molecular complexity index is 430. The third-order valence-electron chi connectivity index (χ3n) is 2.93. The van der Waals surface area contributed by atoms with Gasteiger partial charge in [-0.2, -0.15) is 0 Å². The van der Waals surface area contributed by atoms with E-state index in [2.05, 4.69) is 5.32 Å². The topological polar surface area (TPSA) is 50.8 Å². The van der Waals surface area contributed by atoms with Crippen molar-refractivity contribution in [3.63, 3.8) is 0 Å². The molecule has 0 aromatic heterocycles. The van der Waals surface area contributed by atoms with E-state index in [1.807, 2.05) is 32.0 Å². The third kappa shape index (κ3) is 2.67. The number of hydrogen-bond acceptors (Lipinski definition) is 3. The molecule has 0 saturated carbocycles. The van der Waals surface area contributed by atoms with Crippen molar-refractivity contribution in [2.45, 2.75) is 20.4 Å². The summed E-state index contributed by atoms with van der Waals surface area (Å²) in [5.74, 6) is 1.50. The summed E-state index contributed by atoms with van der Waals surface area (Å²) in [5, 5.41) is 2.88. The number of fused-ring (bicyclic) bond motifs is 1. The molecule has 0 spiro atoms. The van der Waals surface area contributed by atoms with Gasteiger partial charge >= 0.3 is 6.03 Å². The second-order valence-corrected chi connectivity index (χ2v) is 4.02. The Morgan fingerprint density at radius 3 is 2.72 bits per heavy atom. The number of urea groups is 1. The van der Waals surface area contributed by atoms with E-state index >= 15 is 0 Å². The Labute approximate surface area is 107 Å². The first-order valence-electron chi connectivity index (χ1n) is 6.16. The number of carbonyl (C=O) groups excluding carboxylic acids is 1. The average molecular weight is 250 g/mol. The largest absolute Gasteiger partial charge is 0.454 e. The van der Waals surface area contributed by atoms with Gasteiger partial charge in [0.2, 0.25) is 6.79 Å². The number of amides is 2. The molecule has 0 saturated heterocycles. The van der Waals surface area contributed by atoms with Crippen LogP contribution in [-0.4, -0.2) is 30.8 Å². The molecule has 1 aromatic rings. The van der Waals surface area contributed by atoms with E-state index in [0.717, 1.165) is 17.1 Å². The maximum atomic E-state index is 11.8. The molecule has 0 atom stereocenters. The van der Waals surface area contributed by atoms with Crippen LogP contribution in [0.3, 0.4) is 0 Å². The van der Waals surface area contributed by atoms with E-state index in [-0.39, 0.29) is 12.8 Å². The van der Waals surface area contributed by atoms with Crippen LogP contribution in [-0.2, 0) is 6.54 Å². The molecule has 18 heavy (non-hydrogen) atoms. The van der Waals surface area contributed by atoms with E-state index in [1.54, 1.807) is 4.90 Å². The zero-order valence-corrected chi connectivity index (χ0v) is 10.7. The first-order chi connectivity index (χ1) is 8.74. The van der Waals surface area contributed by atoms with Crippen LogP contribution in [0.1, 0.15) is 19.4 Å². The summed E-state index contributed by atoms with van der Waals surface area (Å²) in [6, 6.07) is 5.64. The number of benzene rings is 1. The predicted molar refractivity (Wildman–Crippen MR) is 67.7 cm³/mol. The van der Waals surface area contributed by atoms with Crippen molar-refractivity contribution in [2.24, 2.45) is 0 Å². The minimum absolute atomic E-state index is 0.0438. The molecular weight excluding hydrogens is 232 g/mol. The fraction of sp³-hybridized carbons (Fsp3) is 0.462. The van der Waals surface area contributed by atoms with E-state index < -0.39 is 0 Å². The van der Waals surface area contributed by atoms with Gasteiger partial charge < -0.3 is 19.7 Å². The van der Waals surface area contributed by atoms with Crippen LogP contribution in [0, 0.1) is 0 Å². The first-order valence-corrected chi connectivity index (χ1v) is 6.16. The molecule has 0 radical (unpaired) electrons. The van der Waals surface area contributed by atoms with Gasteiger partial charge in [-0.25, -0.2) is 4.79 Å². The summed E-state index contributed by atoms with van der Waals surface area (Å²) >= 11 is 0. The maximum absolute atomic E-state index is 11.8. The lowest BCUT2D eigenvalue weighted by atomic mass is 10.2. The lowest BCUT2D eigenvalue weighted by molar-refractivity contribution is 0.174. The normalized spacial score (nSPS) is 12.3. The van der Waals surface area contributed by atoms with Crippen LogP contribution < -0.4 is 14.8 Å². The summed E-state index contributed by atoms with van der Waals surface area (Å²) in [5.41, 5.74) is 1.000. The standard InChI is InChI=1S/C13H18N2O3/c1-3-15(4-2)13(16)14-8-10-5-6-11-12(7-10)18-9-17-11/h5-7H,3-4,8-9H2,1-2H3,(H,14,16). The third-order valence-corrected chi connectivity index (χ3v) is 2.93. The zero-order valence-electron chi connectivity index (χ0n) is 10.7. The van der Waals surface area contributed by atoms with Crippen LogP contribution in [0.4, 0.5) is 4.79 Å². The number of hydrogen-bond donors (Lipinski definition) is 1. The van der Waals surface area contributed by atoms with Gasteiger partial charge in [0.05, 0.1) is 0 Å². The molecule has 2 amide bonds. The molecule has 0 fully saturated rings.